The number of aromatic nitrogens is 2. The van der Waals surface area contributed by atoms with E-state index in [4.69, 9.17) is 4.42 Å². The molecule has 4 aromatic rings. The first-order valence-electron chi connectivity index (χ1n) is 10.7. The summed E-state index contributed by atoms with van der Waals surface area (Å²) in [6, 6.07) is 14.7. The van der Waals surface area contributed by atoms with Crippen molar-refractivity contribution in [2.45, 2.75) is 13.5 Å². The number of allylic oxidation sites excluding steroid dienone is 1. The Kier molecular flexibility index (Phi) is 5.01. The number of anilines is 1. The number of carbonyl (C=O) groups excluding carboxylic acids is 1. The van der Waals surface area contributed by atoms with Gasteiger partial charge in [0, 0.05) is 38.4 Å². The molecule has 2 aromatic carbocycles. The molecule has 7 nitrogen and oxygen atoms in total. The number of aryl methyl sites for hydroxylation is 1. The van der Waals surface area contributed by atoms with E-state index in [-0.39, 0.29) is 22.6 Å². The van der Waals surface area contributed by atoms with Crippen LogP contribution in [0.25, 0.3) is 21.9 Å². The van der Waals surface area contributed by atoms with Crippen molar-refractivity contribution in [2.24, 2.45) is 0 Å². The Balaban J connectivity index is 1.39. The van der Waals surface area contributed by atoms with Crippen LogP contribution in [0.4, 0.5) is 5.69 Å². The number of nitrogens with zero attached hydrogens (tertiary/aromatic N) is 4. The van der Waals surface area contributed by atoms with E-state index in [9.17, 15) is 9.59 Å². The Morgan fingerprint density at radius 1 is 1.12 bits per heavy atom. The summed E-state index contributed by atoms with van der Waals surface area (Å²) < 4.78 is 7.08. The SMILES string of the molecule is C=CCn1cnc2oc(C)c(C(=O)N3CCN(c4ccc5ccccc5c4)CC3)c2c1=O. The van der Waals surface area contributed by atoms with Gasteiger partial charge in [-0.05, 0) is 29.8 Å². The molecule has 1 saturated heterocycles. The summed E-state index contributed by atoms with van der Waals surface area (Å²) in [5.41, 5.74) is 1.38. The summed E-state index contributed by atoms with van der Waals surface area (Å²) in [6.45, 7) is 8.28. The van der Waals surface area contributed by atoms with Gasteiger partial charge in [-0.3, -0.25) is 14.2 Å². The van der Waals surface area contributed by atoms with Crippen molar-refractivity contribution in [3.63, 3.8) is 0 Å². The molecule has 0 saturated carbocycles. The molecule has 3 heterocycles. The normalized spacial score (nSPS) is 14.3. The van der Waals surface area contributed by atoms with Gasteiger partial charge < -0.3 is 14.2 Å². The second-order valence-corrected chi connectivity index (χ2v) is 8.01. The van der Waals surface area contributed by atoms with E-state index in [2.05, 4.69) is 46.8 Å². The van der Waals surface area contributed by atoms with Crippen LogP contribution in [0.1, 0.15) is 16.1 Å². The highest BCUT2D eigenvalue weighted by Crippen LogP contribution is 2.26. The molecule has 0 atom stereocenters. The van der Waals surface area contributed by atoms with E-state index >= 15 is 0 Å². The first kappa shape index (κ1) is 20.1. The number of carbonyl (C=O) groups is 1. The molecule has 0 unspecified atom stereocenters. The van der Waals surface area contributed by atoms with Gasteiger partial charge in [0.1, 0.15) is 17.5 Å². The van der Waals surface area contributed by atoms with Crippen LogP contribution in [0.2, 0.25) is 0 Å². The molecule has 0 spiro atoms. The van der Waals surface area contributed by atoms with Crippen molar-refractivity contribution in [3.05, 3.63) is 83.1 Å². The van der Waals surface area contributed by atoms with Crippen molar-refractivity contribution < 1.29 is 9.21 Å². The fourth-order valence-corrected chi connectivity index (χ4v) is 4.36. The maximum atomic E-state index is 13.4. The van der Waals surface area contributed by atoms with Crippen molar-refractivity contribution in [1.29, 1.82) is 0 Å². The van der Waals surface area contributed by atoms with E-state index in [0.29, 0.717) is 31.0 Å². The maximum absolute atomic E-state index is 13.4. The van der Waals surface area contributed by atoms with E-state index in [0.717, 1.165) is 18.8 Å². The fourth-order valence-electron chi connectivity index (χ4n) is 4.36. The van der Waals surface area contributed by atoms with Crippen molar-refractivity contribution in [2.75, 3.05) is 31.1 Å². The van der Waals surface area contributed by atoms with Gasteiger partial charge in [0.25, 0.3) is 11.5 Å². The average molecular weight is 428 g/mol. The number of hydrogen-bond donors (Lipinski definition) is 0. The fraction of sp³-hybridized carbons (Fsp3) is 0.240. The number of hydrogen-bond acceptors (Lipinski definition) is 5. The smallest absolute Gasteiger partial charge is 0.265 e. The Labute approximate surface area is 185 Å². The monoisotopic (exact) mass is 428 g/mol. The second-order valence-electron chi connectivity index (χ2n) is 8.01. The summed E-state index contributed by atoms with van der Waals surface area (Å²) in [5, 5.41) is 2.66. The minimum Gasteiger partial charge on any atom is -0.442 e. The molecule has 5 rings (SSSR count). The third-order valence-corrected chi connectivity index (χ3v) is 6.06. The highest BCUT2D eigenvalue weighted by Gasteiger charge is 2.29. The lowest BCUT2D eigenvalue weighted by Gasteiger charge is -2.36. The average Bonchev–Trinajstić information content (AvgIpc) is 3.17. The van der Waals surface area contributed by atoms with Crippen LogP contribution in [-0.2, 0) is 6.54 Å². The van der Waals surface area contributed by atoms with Gasteiger partial charge in [0.05, 0.1) is 5.56 Å². The molecule has 1 amide bonds. The lowest BCUT2D eigenvalue weighted by Crippen LogP contribution is -2.49. The molecule has 162 valence electrons. The van der Waals surface area contributed by atoms with Crippen LogP contribution >= 0.6 is 0 Å². The Morgan fingerprint density at radius 3 is 2.62 bits per heavy atom. The van der Waals surface area contributed by atoms with Gasteiger partial charge in [-0.1, -0.05) is 36.4 Å². The summed E-state index contributed by atoms with van der Waals surface area (Å²) >= 11 is 0. The van der Waals surface area contributed by atoms with Gasteiger partial charge in [-0.15, -0.1) is 6.58 Å². The van der Waals surface area contributed by atoms with Crippen LogP contribution in [0.5, 0.6) is 0 Å². The van der Waals surface area contributed by atoms with Gasteiger partial charge in [0.2, 0.25) is 5.71 Å². The van der Waals surface area contributed by atoms with Crippen molar-refractivity contribution >= 4 is 33.5 Å². The first-order chi connectivity index (χ1) is 15.6. The van der Waals surface area contributed by atoms with Gasteiger partial charge in [0.15, 0.2) is 0 Å². The number of piperazine rings is 1. The molecular formula is C25H24N4O3. The van der Waals surface area contributed by atoms with Crippen molar-refractivity contribution in [3.8, 4) is 0 Å². The third kappa shape index (κ3) is 3.36. The Morgan fingerprint density at radius 2 is 1.88 bits per heavy atom. The lowest BCUT2D eigenvalue weighted by atomic mass is 10.1. The summed E-state index contributed by atoms with van der Waals surface area (Å²) in [5.74, 6) is 0.234. The molecular weight excluding hydrogens is 404 g/mol. The molecule has 0 N–H and O–H groups in total. The highest BCUT2D eigenvalue weighted by molar-refractivity contribution is 6.06. The van der Waals surface area contributed by atoms with Gasteiger partial charge in [-0.2, -0.15) is 0 Å². The standard InChI is InChI=1S/C25H24N4O3/c1-3-10-29-16-26-23-22(25(29)31)21(17(2)32-23)24(30)28-13-11-27(12-14-28)20-9-8-18-6-4-5-7-19(18)15-20/h3-9,15-16H,1,10-14H2,2H3. The maximum Gasteiger partial charge on any atom is 0.265 e. The minimum absolute atomic E-state index is 0.185. The van der Waals surface area contributed by atoms with E-state index in [1.54, 1.807) is 17.9 Å². The number of rotatable bonds is 4. The number of furan rings is 1. The largest absolute Gasteiger partial charge is 0.442 e. The lowest BCUT2D eigenvalue weighted by molar-refractivity contribution is 0.0746. The number of benzene rings is 2. The third-order valence-electron chi connectivity index (χ3n) is 6.06. The summed E-state index contributed by atoms with van der Waals surface area (Å²) in [6.07, 6.45) is 3.04. The predicted molar refractivity (Wildman–Crippen MR) is 125 cm³/mol. The number of fused-ring (bicyclic) bond motifs is 2. The Bertz CT molecular complexity index is 1390. The van der Waals surface area contributed by atoms with Crippen LogP contribution in [-0.4, -0.2) is 46.5 Å². The molecule has 7 heteroatoms. The molecule has 1 aliphatic rings. The van der Waals surface area contributed by atoms with Crippen LogP contribution in [0.15, 0.2) is 70.7 Å². The van der Waals surface area contributed by atoms with E-state index in [1.807, 2.05) is 12.1 Å². The second kappa shape index (κ2) is 8.00. The van der Waals surface area contributed by atoms with Crippen LogP contribution in [0, 0.1) is 6.92 Å². The van der Waals surface area contributed by atoms with Crippen LogP contribution in [0.3, 0.4) is 0 Å². The molecule has 0 radical (unpaired) electrons. The predicted octanol–water partition coefficient (Wildman–Crippen LogP) is 3.60. The van der Waals surface area contributed by atoms with E-state index in [1.165, 1.54) is 21.7 Å². The molecule has 0 aliphatic carbocycles. The van der Waals surface area contributed by atoms with E-state index < -0.39 is 0 Å². The first-order valence-corrected chi connectivity index (χ1v) is 10.7. The quantitative estimate of drug-likeness (QED) is 0.465. The summed E-state index contributed by atoms with van der Waals surface area (Å²) in [4.78, 5) is 34.6. The zero-order valence-corrected chi connectivity index (χ0v) is 18.0. The molecule has 2 aromatic heterocycles. The molecule has 32 heavy (non-hydrogen) atoms. The topological polar surface area (TPSA) is 71.6 Å². The van der Waals surface area contributed by atoms with Crippen LogP contribution < -0.4 is 10.5 Å². The summed E-state index contributed by atoms with van der Waals surface area (Å²) in [7, 11) is 0. The van der Waals surface area contributed by atoms with Crippen molar-refractivity contribution in [1.82, 2.24) is 14.5 Å². The number of amides is 1. The minimum atomic E-state index is -0.287. The zero-order valence-electron chi connectivity index (χ0n) is 18.0. The molecule has 0 bridgehead atoms. The zero-order chi connectivity index (χ0) is 22.2. The Hall–Kier alpha value is -3.87. The molecule has 1 fully saturated rings. The molecule has 1 aliphatic heterocycles. The van der Waals surface area contributed by atoms with Gasteiger partial charge >= 0.3 is 0 Å². The van der Waals surface area contributed by atoms with Gasteiger partial charge in [-0.25, -0.2) is 4.98 Å². The highest BCUT2D eigenvalue weighted by atomic mass is 16.3.